The molecule has 1 atom stereocenters. The number of rotatable bonds is 4. The highest BCUT2D eigenvalue weighted by atomic mass is 15.5. The van der Waals surface area contributed by atoms with Gasteiger partial charge in [-0.3, -0.25) is 0 Å². The maximum Gasteiger partial charge on any atom is 0.229 e. The second-order valence-corrected chi connectivity index (χ2v) is 8.59. The molecule has 1 fully saturated rings. The van der Waals surface area contributed by atoms with Gasteiger partial charge >= 0.3 is 0 Å². The van der Waals surface area contributed by atoms with Crippen LogP contribution in [0, 0.1) is 11.3 Å². The second-order valence-electron chi connectivity index (χ2n) is 8.59. The van der Waals surface area contributed by atoms with Crippen molar-refractivity contribution in [3.8, 4) is 6.07 Å². The maximum absolute atomic E-state index is 9.42. The van der Waals surface area contributed by atoms with Crippen molar-refractivity contribution in [1.29, 1.82) is 5.26 Å². The van der Waals surface area contributed by atoms with E-state index in [0.717, 1.165) is 69.1 Å². The second kappa shape index (κ2) is 8.22. The fraction of sp³-hybridized carbons (Fsp3) is 0.333. The van der Waals surface area contributed by atoms with Crippen molar-refractivity contribution >= 4 is 23.4 Å². The molecule has 3 aliphatic heterocycles. The SMILES string of the molecule is N#Cc1cccnc1N1CCN(c2nc3c4c(n2)N(Cc2ccccc2)CCC4NN3)CC1. The van der Waals surface area contributed by atoms with Crippen LogP contribution in [0.4, 0.5) is 23.4 Å². The van der Waals surface area contributed by atoms with Crippen LogP contribution in [0.3, 0.4) is 0 Å². The summed E-state index contributed by atoms with van der Waals surface area (Å²) in [6.45, 7) is 4.86. The molecule has 2 N–H and O–H groups in total. The Morgan fingerprint density at radius 2 is 1.76 bits per heavy atom. The number of nitrogens with zero attached hydrogens (tertiary/aromatic N) is 7. The molecule has 0 radical (unpaired) electrons. The molecule has 166 valence electrons. The molecule has 3 aromatic rings. The van der Waals surface area contributed by atoms with Gasteiger partial charge in [-0.2, -0.15) is 15.2 Å². The normalized spacial score (nSPS) is 19.1. The molecule has 0 amide bonds. The van der Waals surface area contributed by atoms with E-state index < -0.39 is 0 Å². The zero-order valence-electron chi connectivity index (χ0n) is 18.3. The van der Waals surface area contributed by atoms with Crippen LogP contribution in [0.25, 0.3) is 0 Å². The van der Waals surface area contributed by atoms with Crippen molar-refractivity contribution < 1.29 is 0 Å². The van der Waals surface area contributed by atoms with Crippen LogP contribution in [0.1, 0.15) is 29.2 Å². The van der Waals surface area contributed by atoms with Gasteiger partial charge in [0.2, 0.25) is 5.95 Å². The number of benzene rings is 1. The lowest BCUT2D eigenvalue weighted by atomic mass is 10.0. The van der Waals surface area contributed by atoms with Gasteiger partial charge in [-0.05, 0) is 24.1 Å². The van der Waals surface area contributed by atoms with Crippen LogP contribution in [0.15, 0.2) is 48.7 Å². The molecule has 9 heteroatoms. The molecule has 1 aromatic carbocycles. The van der Waals surface area contributed by atoms with Crippen molar-refractivity contribution in [3.05, 3.63) is 65.4 Å². The molecule has 0 saturated carbocycles. The molecule has 9 nitrogen and oxygen atoms in total. The molecule has 0 aliphatic carbocycles. The Morgan fingerprint density at radius 1 is 0.939 bits per heavy atom. The number of hydrogen-bond donors (Lipinski definition) is 2. The van der Waals surface area contributed by atoms with Crippen LogP contribution in [0.2, 0.25) is 0 Å². The summed E-state index contributed by atoms with van der Waals surface area (Å²) in [5.74, 6) is 3.41. The molecule has 3 aliphatic rings. The smallest absolute Gasteiger partial charge is 0.229 e. The Labute approximate surface area is 192 Å². The first-order valence-corrected chi connectivity index (χ1v) is 11.4. The minimum atomic E-state index is 0.251. The third-order valence-corrected chi connectivity index (χ3v) is 6.60. The molecule has 0 bridgehead atoms. The van der Waals surface area contributed by atoms with Crippen LogP contribution in [-0.4, -0.2) is 47.7 Å². The average molecular weight is 440 g/mol. The van der Waals surface area contributed by atoms with Crippen LogP contribution in [0.5, 0.6) is 0 Å². The fourth-order valence-electron chi connectivity index (χ4n) is 4.89. The number of hydrogen-bond acceptors (Lipinski definition) is 9. The topological polar surface area (TPSA) is 96.2 Å². The number of hydrazine groups is 1. The van der Waals surface area contributed by atoms with E-state index in [4.69, 9.17) is 9.97 Å². The highest BCUT2D eigenvalue weighted by molar-refractivity contribution is 5.68. The van der Waals surface area contributed by atoms with Crippen LogP contribution in [-0.2, 0) is 6.54 Å². The molecular formula is C24H25N9. The van der Waals surface area contributed by atoms with Gasteiger partial charge in [-0.15, -0.1) is 0 Å². The standard InChI is InChI=1S/C24H25N9/c25-15-18-7-4-9-26-22(18)31-11-13-32(14-12-31)24-27-21-20-19(29-30-21)8-10-33(23(20)28-24)16-17-5-2-1-3-6-17/h1-7,9,19,29H,8,10-14,16H2,(H,27,28,30). The summed E-state index contributed by atoms with van der Waals surface area (Å²) in [7, 11) is 0. The lowest BCUT2D eigenvalue weighted by Crippen LogP contribution is -2.47. The number of nitriles is 1. The zero-order chi connectivity index (χ0) is 22.2. The summed E-state index contributed by atoms with van der Waals surface area (Å²) in [6, 6.07) is 16.7. The van der Waals surface area contributed by atoms with Gasteiger partial charge in [0.1, 0.15) is 17.7 Å². The Hall–Kier alpha value is -3.90. The zero-order valence-corrected chi connectivity index (χ0v) is 18.3. The Bertz CT molecular complexity index is 1200. The average Bonchev–Trinajstić information content (AvgIpc) is 3.30. The first-order chi connectivity index (χ1) is 16.3. The number of aromatic nitrogens is 3. The van der Waals surface area contributed by atoms with Gasteiger partial charge in [0, 0.05) is 45.5 Å². The van der Waals surface area contributed by atoms with Gasteiger partial charge in [0.25, 0.3) is 0 Å². The van der Waals surface area contributed by atoms with E-state index in [-0.39, 0.29) is 6.04 Å². The summed E-state index contributed by atoms with van der Waals surface area (Å²) >= 11 is 0. The Morgan fingerprint density at radius 3 is 2.58 bits per heavy atom. The molecule has 33 heavy (non-hydrogen) atoms. The van der Waals surface area contributed by atoms with Gasteiger partial charge in [0.05, 0.1) is 17.2 Å². The molecule has 6 rings (SSSR count). The Balaban J connectivity index is 1.25. The largest absolute Gasteiger partial charge is 0.352 e. The minimum absolute atomic E-state index is 0.251. The highest BCUT2D eigenvalue weighted by Gasteiger charge is 2.35. The predicted octanol–water partition coefficient (Wildman–Crippen LogP) is 2.45. The van der Waals surface area contributed by atoms with Crippen LogP contribution >= 0.6 is 0 Å². The van der Waals surface area contributed by atoms with Gasteiger partial charge in [-0.25, -0.2) is 10.4 Å². The van der Waals surface area contributed by atoms with E-state index in [1.807, 2.05) is 12.1 Å². The number of anilines is 4. The monoisotopic (exact) mass is 439 g/mol. The highest BCUT2D eigenvalue weighted by Crippen LogP contribution is 2.41. The lowest BCUT2D eigenvalue weighted by Gasteiger charge is -2.37. The molecular weight excluding hydrogens is 414 g/mol. The summed E-state index contributed by atoms with van der Waals surface area (Å²) in [5, 5.41) is 9.42. The molecule has 0 spiro atoms. The van der Waals surface area contributed by atoms with E-state index in [2.05, 4.69) is 60.9 Å². The summed E-state index contributed by atoms with van der Waals surface area (Å²) < 4.78 is 0. The predicted molar refractivity (Wildman–Crippen MR) is 127 cm³/mol. The van der Waals surface area contributed by atoms with Crippen molar-refractivity contribution in [1.82, 2.24) is 20.4 Å². The first-order valence-electron chi connectivity index (χ1n) is 11.4. The van der Waals surface area contributed by atoms with E-state index >= 15 is 0 Å². The van der Waals surface area contributed by atoms with Gasteiger partial charge in [0.15, 0.2) is 5.82 Å². The molecule has 5 heterocycles. The van der Waals surface area contributed by atoms with Crippen molar-refractivity contribution in [2.75, 3.05) is 52.8 Å². The third-order valence-electron chi connectivity index (χ3n) is 6.60. The summed E-state index contributed by atoms with van der Waals surface area (Å²) in [6.07, 6.45) is 2.76. The van der Waals surface area contributed by atoms with E-state index in [1.54, 1.807) is 12.3 Å². The summed E-state index contributed by atoms with van der Waals surface area (Å²) in [5.41, 5.74) is 9.72. The fourth-order valence-corrected chi connectivity index (χ4v) is 4.89. The van der Waals surface area contributed by atoms with Gasteiger partial charge in [-0.1, -0.05) is 30.3 Å². The number of nitrogens with one attached hydrogen (secondary N) is 2. The van der Waals surface area contributed by atoms with Crippen molar-refractivity contribution in [2.45, 2.75) is 19.0 Å². The minimum Gasteiger partial charge on any atom is -0.352 e. The van der Waals surface area contributed by atoms with E-state index in [1.165, 1.54) is 11.1 Å². The number of pyridine rings is 1. The maximum atomic E-state index is 9.42. The number of piperazine rings is 1. The third kappa shape index (κ3) is 3.58. The van der Waals surface area contributed by atoms with E-state index in [0.29, 0.717) is 5.56 Å². The van der Waals surface area contributed by atoms with Crippen LogP contribution < -0.4 is 25.6 Å². The van der Waals surface area contributed by atoms with Gasteiger partial charge < -0.3 is 20.1 Å². The molecule has 1 saturated heterocycles. The lowest BCUT2D eigenvalue weighted by molar-refractivity contribution is 0.533. The van der Waals surface area contributed by atoms with E-state index in [9.17, 15) is 5.26 Å². The first kappa shape index (κ1) is 19.8. The molecule has 1 unspecified atom stereocenters. The summed E-state index contributed by atoms with van der Waals surface area (Å²) in [4.78, 5) is 21.2. The quantitative estimate of drug-likeness (QED) is 0.635. The molecule has 2 aromatic heterocycles. The van der Waals surface area contributed by atoms with Crippen molar-refractivity contribution in [2.24, 2.45) is 0 Å². The van der Waals surface area contributed by atoms with Crippen molar-refractivity contribution in [3.63, 3.8) is 0 Å². The Kier molecular flexibility index (Phi) is 4.92.